The average Bonchev–Trinajstić information content (AvgIpc) is 1.78. The lowest BCUT2D eigenvalue weighted by Crippen LogP contribution is -2.05. The summed E-state index contributed by atoms with van der Waals surface area (Å²) >= 11 is 11.0. The van der Waals surface area contributed by atoms with Crippen molar-refractivity contribution in [3.63, 3.8) is 0 Å². The average molecular weight is 242 g/mol. The van der Waals surface area contributed by atoms with E-state index in [1.165, 1.54) is 12.1 Å². The lowest BCUT2D eigenvalue weighted by Gasteiger charge is -2.02. The predicted molar refractivity (Wildman–Crippen MR) is 49.7 cm³/mol. The molecule has 1 heterocycles. The molecule has 0 atom stereocenters. The topological polar surface area (TPSA) is 56.3 Å². The van der Waals surface area contributed by atoms with Gasteiger partial charge in [-0.2, -0.15) is 8.42 Å². The molecule has 0 amide bonds. The Labute approximate surface area is 85.6 Å². The molecular weight excluding hydrogens is 237 g/mol. The van der Waals surface area contributed by atoms with E-state index in [1.807, 2.05) is 0 Å². The second-order valence-corrected chi connectivity index (χ2v) is 4.59. The lowest BCUT2D eigenvalue weighted by molar-refractivity contribution is 0.492. The van der Waals surface area contributed by atoms with Gasteiger partial charge in [-0.05, 0) is 0 Å². The van der Waals surface area contributed by atoms with Gasteiger partial charge in [0, 0.05) is 12.1 Å². The first-order valence-corrected chi connectivity index (χ1v) is 5.66. The van der Waals surface area contributed by atoms with Crippen LogP contribution in [0.25, 0.3) is 0 Å². The molecule has 0 aromatic carbocycles. The summed E-state index contributed by atoms with van der Waals surface area (Å²) in [4.78, 5) is 3.62. The van der Waals surface area contributed by atoms with Gasteiger partial charge >= 0.3 is 10.1 Å². The third kappa shape index (κ3) is 3.80. The van der Waals surface area contributed by atoms with Gasteiger partial charge in [0.15, 0.2) is 0 Å². The Morgan fingerprint density at radius 2 is 1.77 bits per heavy atom. The fourth-order valence-corrected chi connectivity index (χ4v) is 1.55. The normalized spacial score (nSPS) is 11.3. The van der Waals surface area contributed by atoms with Crippen LogP contribution >= 0.6 is 23.2 Å². The first kappa shape index (κ1) is 10.6. The van der Waals surface area contributed by atoms with E-state index in [0.29, 0.717) is 0 Å². The summed E-state index contributed by atoms with van der Waals surface area (Å²) in [5.41, 5.74) is 0. The van der Waals surface area contributed by atoms with Crippen molar-refractivity contribution in [3.05, 3.63) is 22.4 Å². The van der Waals surface area contributed by atoms with Gasteiger partial charge in [0.05, 0.1) is 6.26 Å². The Bertz CT molecular complexity index is 398. The van der Waals surface area contributed by atoms with Gasteiger partial charge in [-0.1, -0.05) is 23.2 Å². The third-order valence-corrected chi connectivity index (χ3v) is 1.87. The van der Waals surface area contributed by atoms with Gasteiger partial charge in [0.2, 0.25) is 0 Å². The first-order chi connectivity index (χ1) is 5.87. The third-order valence-electron chi connectivity index (χ3n) is 0.984. The molecule has 7 heteroatoms. The van der Waals surface area contributed by atoms with Crippen LogP contribution in [0.4, 0.5) is 0 Å². The molecule has 0 saturated carbocycles. The van der Waals surface area contributed by atoms with Crippen LogP contribution < -0.4 is 4.18 Å². The van der Waals surface area contributed by atoms with Crippen LogP contribution in [0.2, 0.25) is 10.3 Å². The summed E-state index contributed by atoms with van der Waals surface area (Å²) < 4.78 is 25.9. The zero-order valence-corrected chi connectivity index (χ0v) is 8.82. The Kier molecular flexibility index (Phi) is 3.00. The molecule has 1 aromatic heterocycles. The maximum absolute atomic E-state index is 10.7. The molecule has 1 aromatic rings. The van der Waals surface area contributed by atoms with Crippen molar-refractivity contribution in [3.8, 4) is 5.75 Å². The smallest absolute Gasteiger partial charge is 0.306 e. The lowest BCUT2D eigenvalue weighted by atomic mass is 10.5. The van der Waals surface area contributed by atoms with Gasteiger partial charge in [0.25, 0.3) is 0 Å². The van der Waals surface area contributed by atoms with Crippen molar-refractivity contribution in [1.82, 2.24) is 4.98 Å². The van der Waals surface area contributed by atoms with E-state index in [4.69, 9.17) is 23.2 Å². The highest BCUT2D eigenvalue weighted by atomic mass is 35.5. The van der Waals surface area contributed by atoms with E-state index in [2.05, 4.69) is 9.17 Å². The molecule has 0 fully saturated rings. The summed E-state index contributed by atoms with van der Waals surface area (Å²) in [7, 11) is -3.56. The van der Waals surface area contributed by atoms with Crippen molar-refractivity contribution in [1.29, 1.82) is 0 Å². The van der Waals surface area contributed by atoms with E-state index in [1.54, 1.807) is 0 Å². The minimum absolute atomic E-state index is 0.0486. The fourth-order valence-electron chi connectivity index (χ4n) is 0.666. The van der Waals surface area contributed by atoms with Gasteiger partial charge in [0.1, 0.15) is 16.1 Å². The number of pyridine rings is 1. The van der Waals surface area contributed by atoms with Crippen LogP contribution in [-0.4, -0.2) is 19.7 Å². The molecule has 0 bridgehead atoms. The minimum Gasteiger partial charge on any atom is -0.382 e. The summed E-state index contributed by atoms with van der Waals surface area (Å²) in [6, 6.07) is 2.52. The molecule has 4 nitrogen and oxygen atoms in total. The highest BCUT2D eigenvalue weighted by Crippen LogP contribution is 2.21. The van der Waals surface area contributed by atoms with E-state index in [9.17, 15) is 8.42 Å². The van der Waals surface area contributed by atoms with Crippen LogP contribution in [0.3, 0.4) is 0 Å². The molecule has 0 spiro atoms. The number of hydrogen-bond donors (Lipinski definition) is 0. The van der Waals surface area contributed by atoms with Crippen molar-refractivity contribution < 1.29 is 12.6 Å². The Balaban J connectivity index is 3.03. The molecule has 0 unspecified atom stereocenters. The van der Waals surface area contributed by atoms with Crippen molar-refractivity contribution >= 4 is 33.3 Å². The molecule has 13 heavy (non-hydrogen) atoms. The molecule has 0 aliphatic carbocycles. The monoisotopic (exact) mass is 241 g/mol. The minimum atomic E-state index is -3.56. The quantitative estimate of drug-likeness (QED) is 0.585. The van der Waals surface area contributed by atoms with Crippen LogP contribution in [0.5, 0.6) is 5.75 Å². The van der Waals surface area contributed by atoms with Crippen LogP contribution in [-0.2, 0) is 10.1 Å². The van der Waals surface area contributed by atoms with Gasteiger partial charge in [-0.3, -0.25) is 0 Å². The van der Waals surface area contributed by atoms with Gasteiger partial charge in [-0.25, -0.2) is 4.98 Å². The number of hydrogen-bond acceptors (Lipinski definition) is 4. The molecule has 0 saturated heterocycles. The van der Waals surface area contributed by atoms with Crippen molar-refractivity contribution in [2.45, 2.75) is 0 Å². The number of aromatic nitrogens is 1. The molecular formula is C6H5Cl2NO3S. The second-order valence-electron chi connectivity index (χ2n) is 2.24. The molecule has 0 aliphatic rings. The van der Waals surface area contributed by atoms with E-state index < -0.39 is 10.1 Å². The molecule has 0 radical (unpaired) electrons. The number of rotatable bonds is 2. The second kappa shape index (κ2) is 3.69. The highest BCUT2D eigenvalue weighted by Gasteiger charge is 2.06. The first-order valence-electron chi connectivity index (χ1n) is 3.09. The van der Waals surface area contributed by atoms with Crippen molar-refractivity contribution in [2.75, 3.05) is 6.26 Å². The molecule has 72 valence electrons. The van der Waals surface area contributed by atoms with Crippen LogP contribution in [0.15, 0.2) is 12.1 Å². The largest absolute Gasteiger partial charge is 0.382 e. The zero-order valence-electron chi connectivity index (χ0n) is 6.49. The Hall–Kier alpha value is -0.520. The summed E-state index contributed by atoms with van der Waals surface area (Å²) in [5, 5.41) is 0.150. The summed E-state index contributed by atoms with van der Waals surface area (Å²) in [6.07, 6.45) is 0.926. The van der Waals surface area contributed by atoms with E-state index in [-0.39, 0.29) is 16.1 Å². The van der Waals surface area contributed by atoms with Crippen molar-refractivity contribution in [2.24, 2.45) is 0 Å². The summed E-state index contributed by atoms with van der Waals surface area (Å²) in [6.45, 7) is 0. The molecule has 0 N–H and O–H groups in total. The van der Waals surface area contributed by atoms with Crippen LogP contribution in [0.1, 0.15) is 0 Å². The molecule has 0 aliphatic heterocycles. The predicted octanol–water partition coefficient (Wildman–Crippen LogP) is 1.73. The number of halogens is 2. The SMILES string of the molecule is CS(=O)(=O)Oc1cc(Cl)nc(Cl)c1. The maximum atomic E-state index is 10.7. The van der Waals surface area contributed by atoms with Crippen LogP contribution in [0, 0.1) is 0 Å². The standard InChI is InChI=1S/C6H5Cl2NO3S/c1-13(10,11)12-4-2-5(7)9-6(8)3-4/h2-3H,1H3. The Morgan fingerprint density at radius 1 is 1.31 bits per heavy atom. The fraction of sp³-hybridized carbons (Fsp3) is 0.167. The zero-order chi connectivity index (χ0) is 10.1. The van der Waals surface area contributed by atoms with E-state index in [0.717, 1.165) is 6.26 Å². The highest BCUT2D eigenvalue weighted by molar-refractivity contribution is 7.86. The van der Waals surface area contributed by atoms with E-state index >= 15 is 0 Å². The summed E-state index contributed by atoms with van der Waals surface area (Å²) in [5.74, 6) is 0.0486. The maximum Gasteiger partial charge on any atom is 0.306 e. The van der Waals surface area contributed by atoms with Gasteiger partial charge in [-0.15, -0.1) is 0 Å². The molecule has 1 rings (SSSR count). The van der Waals surface area contributed by atoms with Gasteiger partial charge < -0.3 is 4.18 Å². The number of nitrogens with zero attached hydrogens (tertiary/aromatic N) is 1. The Morgan fingerprint density at radius 3 is 2.15 bits per heavy atom.